The van der Waals surface area contributed by atoms with E-state index in [2.05, 4.69) is 6.58 Å². The molecule has 0 aliphatic carbocycles. The van der Waals surface area contributed by atoms with Crippen LogP contribution >= 0.6 is 0 Å². The van der Waals surface area contributed by atoms with Crippen LogP contribution in [0, 0.1) is 11.3 Å². The molecule has 102 valence electrons. The Kier molecular flexibility index (Phi) is 5.55. The minimum absolute atomic E-state index is 0.101. The molecule has 2 N–H and O–H groups in total. The van der Waals surface area contributed by atoms with E-state index in [0.29, 0.717) is 0 Å². The third kappa shape index (κ3) is 6.03. The monoisotopic (exact) mass is 258 g/mol. The molecule has 0 heterocycles. The van der Waals surface area contributed by atoms with Crippen LogP contribution in [0.3, 0.4) is 0 Å². The number of carboxylic acids is 2. The summed E-state index contributed by atoms with van der Waals surface area (Å²) < 4.78 is 4.89. The topological polar surface area (TPSA) is 101 Å². The maximum Gasteiger partial charge on any atom is 0.334 e. The van der Waals surface area contributed by atoms with Crippen molar-refractivity contribution in [2.24, 2.45) is 11.3 Å². The van der Waals surface area contributed by atoms with Crippen molar-refractivity contribution in [3.05, 3.63) is 12.2 Å². The lowest BCUT2D eigenvalue weighted by atomic mass is 9.96. The van der Waals surface area contributed by atoms with Gasteiger partial charge in [-0.05, 0) is 5.41 Å². The number of rotatable bonds is 6. The van der Waals surface area contributed by atoms with E-state index >= 15 is 0 Å². The van der Waals surface area contributed by atoms with Crippen LogP contribution in [0.1, 0.15) is 27.2 Å². The van der Waals surface area contributed by atoms with E-state index < -0.39 is 30.2 Å². The lowest BCUT2D eigenvalue weighted by molar-refractivity contribution is -0.150. The molecule has 0 fully saturated rings. The molecule has 0 radical (unpaired) electrons. The largest absolute Gasteiger partial charge is 0.481 e. The lowest BCUT2D eigenvalue weighted by Gasteiger charge is -2.19. The molecule has 0 aliphatic rings. The van der Waals surface area contributed by atoms with Crippen LogP contribution in [0.2, 0.25) is 0 Å². The third-order valence-corrected chi connectivity index (χ3v) is 2.00. The molecule has 0 bridgehead atoms. The fraction of sp³-hybridized carbons (Fsp3) is 0.583. The van der Waals surface area contributed by atoms with Crippen LogP contribution < -0.4 is 0 Å². The Bertz CT molecular complexity index is 363. The lowest BCUT2D eigenvalue weighted by Crippen LogP contribution is -2.27. The second-order valence-electron chi connectivity index (χ2n) is 5.15. The summed E-state index contributed by atoms with van der Waals surface area (Å²) in [6.45, 7) is 8.94. The number of hydrogen-bond acceptors (Lipinski definition) is 4. The zero-order chi connectivity index (χ0) is 14.5. The molecule has 0 aromatic heterocycles. The van der Waals surface area contributed by atoms with Crippen molar-refractivity contribution in [3.8, 4) is 0 Å². The second kappa shape index (κ2) is 6.18. The summed E-state index contributed by atoms with van der Waals surface area (Å²) >= 11 is 0. The van der Waals surface area contributed by atoms with Crippen LogP contribution in [0.15, 0.2) is 12.2 Å². The first-order valence-electron chi connectivity index (χ1n) is 5.35. The maximum absolute atomic E-state index is 11.5. The number of carbonyl (C=O) groups is 3. The van der Waals surface area contributed by atoms with Gasteiger partial charge in [0.1, 0.15) is 0 Å². The maximum atomic E-state index is 11.5. The first-order valence-corrected chi connectivity index (χ1v) is 5.35. The molecule has 1 atom stereocenters. The first-order chi connectivity index (χ1) is 8.04. The molecule has 1 unspecified atom stereocenters. The van der Waals surface area contributed by atoms with E-state index in [9.17, 15) is 14.4 Å². The van der Waals surface area contributed by atoms with Crippen molar-refractivity contribution < 1.29 is 29.3 Å². The van der Waals surface area contributed by atoms with Gasteiger partial charge in [-0.2, -0.15) is 0 Å². The van der Waals surface area contributed by atoms with E-state index in [1.165, 1.54) is 0 Å². The molecule has 6 heteroatoms. The molecule has 18 heavy (non-hydrogen) atoms. The van der Waals surface area contributed by atoms with Crippen molar-refractivity contribution in [1.82, 2.24) is 0 Å². The highest BCUT2D eigenvalue weighted by Gasteiger charge is 2.29. The van der Waals surface area contributed by atoms with Gasteiger partial charge in [-0.1, -0.05) is 27.4 Å². The van der Waals surface area contributed by atoms with E-state index in [-0.39, 0.29) is 17.6 Å². The number of hydrogen-bond donors (Lipinski definition) is 2. The summed E-state index contributed by atoms with van der Waals surface area (Å²) in [5.41, 5.74) is -0.615. The smallest absolute Gasteiger partial charge is 0.334 e. The molecule has 0 aromatic carbocycles. The van der Waals surface area contributed by atoms with Gasteiger partial charge < -0.3 is 14.9 Å². The molecular formula is C12H18O6. The first kappa shape index (κ1) is 16.1. The highest BCUT2D eigenvalue weighted by molar-refractivity contribution is 5.96. The average Bonchev–Trinajstić information content (AvgIpc) is 2.19. The SMILES string of the molecule is C=C(C(=O)OCC(C)(C)C)C(CC(=O)O)C(=O)O. The van der Waals surface area contributed by atoms with Crippen LogP contribution in [0.4, 0.5) is 0 Å². The summed E-state index contributed by atoms with van der Waals surface area (Å²) in [6.07, 6.45) is -0.696. The molecule has 0 aliphatic heterocycles. The highest BCUT2D eigenvalue weighted by Crippen LogP contribution is 2.18. The van der Waals surface area contributed by atoms with Gasteiger partial charge in [-0.3, -0.25) is 9.59 Å². The van der Waals surface area contributed by atoms with Gasteiger partial charge >= 0.3 is 17.9 Å². The minimum Gasteiger partial charge on any atom is -0.481 e. The summed E-state index contributed by atoms with van der Waals surface area (Å²) in [5.74, 6) is -5.06. The summed E-state index contributed by atoms with van der Waals surface area (Å²) in [5, 5.41) is 17.4. The number of esters is 1. The number of carboxylic acid groups (broad SMARTS) is 2. The molecule has 6 nitrogen and oxygen atoms in total. The second-order valence-corrected chi connectivity index (χ2v) is 5.15. The zero-order valence-electron chi connectivity index (χ0n) is 10.7. The number of carbonyl (C=O) groups excluding carboxylic acids is 1. The van der Waals surface area contributed by atoms with Gasteiger partial charge in [0.05, 0.1) is 18.9 Å². The van der Waals surface area contributed by atoms with Crippen LogP contribution in [0.25, 0.3) is 0 Å². The zero-order valence-corrected chi connectivity index (χ0v) is 10.7. The average molecular weight is 258 g/mol. The highest BCUT2D eigenvalue weighted by atomic mass is 16.5. The van der Waals surface area contributed by atoms with Gasteiger partial charge in [-0.15, -0.1) is 0 Å². The third-order valence-electron chi connectivity index (χ3n) is 2.00. The van der Waals surface area contributed by atoms with E-state index in [1.807, 2.05) is 20.8 Å². The Balaban J connectivity index is 4.63. The van der Waals surface area contributed by atoms with Crippen LogP contribution in [0.5, 0.6) is 0 Å². The number of ether oxygens (including phenoxy) is 1. The quantitative estimate of drug-likeness (QED) is 0.550. The molecule has 0 saturated carbocycles. The summed E-state index contributed by atoms with van der Waals surface area (Å²) in [7, 11) is 0. The Morgan fingerprint density at radius 1 is 1.22 bits per heavy atom. The van der Waals surface area contributed by atoms with Gasteiger partial charge in [0.2, 0.25) is 0 Å². The summed E-state index contributed by atoms with van der Waals surface area (Å²) in [6, 6.07) is 0. The van der Waals surface area contributed by atoms with Crippen molar-refractivity contribution in [2.75, 3.05) is 6.61 Å². The molecule has 0 saturated heterocycles. The fourth-order valence-electron chi connectivity index (χ4n) is 1.05. The molecule has 0 aromatic rings. The van der Waals surface area contributed by atoms with E-state index in [1.54, 1.807) is 0 Å². The van der Waals surface area contributed by atoms with Crippen molar-refractivity contribution >= 4 is 17.9 Å². The Morgan fingerprint density at radius 2 is 1.72 bits per heavy atom. The van der Waals surface area contributed by atoms with E-state index in [0.717, 1.165) is 0 Å². The molecule has 0 spiro atoms. The number of aliphatic carboxylic acids is 2. The van der Waals surface area contributed by atoms with Gasteiger partial charge in [-0.25, -0.2) is 4.79 Å². The molecular weight excluding hydrogens is 240 g/mol. The predicted molar refractivity (Wildman–Crippen MR) is 62.9 cm³/mol. The van der Waals surface area contributed by atoms with Crippen molar-refractivity contribution in [1.29, 1.82) is 0 Å². The summed E-state index contributed by atoms with van der Waals surface area (Å²) in [4.78, 5) is 32.9. The van der Waals surface area contributed by atoms with Gasteiger partial charge in [0.15, 0.2) is 0 Å². The van der Waals surface area contributed by atoms with E-state index in [4.69, 9.17) is 14.9 Å². The van der Waals surface area contributed by atoms with Crippen molar-refractivity contribution in [3.63, 3.8) is 0 Å². The predicted octanol–water partition coefficient (Wildman–Crippen LogP) is 1.31. The minimum atomic E-state index is -1.46. The van der Waals surface area contributed by atoms with Crippen molar-refractivity contribution in [2.45, 2.75) is 27.2 Å². The van der Waals surface area contributed by atoms with Crippen LogP contribution in [-0.2, 0) is 19.1 Å². The van der Waals surface area contributed by atoms with Gasteiger partial charge in [0.25, 0.3) is 0 Å². The Hall–Kier alpha value is -1.85. The Morgan fingerprint density at radius 3 is 2.06 bits per heavy atom. The van der Waals surface area contributed by atoms with Crippen LogP contribution in [-0.4, -0.2) is 34.7 Å². The molecule has 0 amide bonds. The normalized spacial score (nSPS) is 12.6. The van der Waals surface area contributed by atoms with Gasteiger partial charge in [0, 0.05) is 5.57 Å². The fourth-order valence-corrected chi connectivity index (χ4v) is 1.05. The Labute approximate surface area is 105 Å². The molecule has 0 rings (SSSR count). The standard InChI is InChI=1S/C12H18O6/c1-7(8(10(15)16)5-9(13)14)11(17)18-6-12(2,3)4/h8H,1,5-6H2,2-4H3,(H,13,14)(H,15,16).